The van der Waals surface area contributed by atoms with Gasteiger partial charge in [0.1, 0.15) is 6.54 Å². The van der Waals surface area contributed by atoms with Gasteiger partial charge in [-0.1, -0.05) is 13.3 Å². The third-order valence-corrected chi connectivity index (χ3v) is 2.90. The van der Waals surface area contributed by atoms with Crippen LogP contribution in [0.25, 0.3) is 0 Å². The smallest absolute Gasteiger partial charge is 0.102 e. The quantitative estimate of drug-likeness (QED) is 0.556. The highest BCUT2D eigenvalue weighted by molar-refractivity contribution is 4.41. The van der Waals surface area contributed by atoms with Gasteiger partial charge < -0.3 is 26.6 Å². The number of rotatable bonds is 7. The predicted octanol–water partition coefficient (Wildman–Crippen LogP) is -1.36. The van der Waals surface area contributed by atoms with Crippen LogP contribution in [0.1, 0.15) is 33.6 Å². The Labute approximate surface area is 93.3 Å². The third-order valence-electron chi connectivity index (χ3n) is 2.90. The fourth-order valence-corrected chi connectivity index (χ4v) is 1.67. The Morgan fingerprint density at radius 2 is 1.54 bits per heavy atom. The number of hydrogen-bond acceptors (Lipinski definition) is 1. The van der Waals surface area contributed by atoms with Crippen LogP contribution in [-0.4, -0.2) is 42.4 Å². The van der Waals surface area contributed by atoms with Crippen molar-refractivity contribution in [2.75, 3.05) is 32.8 Å². The van der Waals surface area contributed by atoms with Crippen molar-refractivity contribution in [3.8, 4) is 0 Å². The van der Waals surface area contributed by atoms with Gasteiger partial charge in [0, 0.05) is 0 Å². The summed E-state index contributed by atoms with van der Waals surface area (Å²) in [6.07, 6.45) is 2.53. The van der Waals surface area contributed by atoms with Crippen molar-refractivity contribution in [1.29, 1.82) is 0 Å². The molecule has 82 valence electrons. The first-order valence-corrected chi connectivity index (χ1v) is 5.20. The van der Waals surface area contributed by atoms with Gasteiger partial charge in [-0.2, -0.15) is 0 Å². The van der Waals surface area contributed by atoms with E-state index in [1.807, 2.05) is 0 Å². The van der Waals surface area contributed by atoms with E-state index in [4.69, 9.17) is 5.11 Å². The number of quaternary nitrogens is 1. The maximum atomic E-state index is 8.95. The van der Waals surface area contributed by atoms with Crippen molar-refractivity contribution < 1.29 is 26.6 Å². The molecule has 0 spiro atoms. The molecule has 1 N–H and O–H groups in total. The fraction of sp³-hybridized carbons (Fsp3) is 1.00. The molecule has 3 heteroatoms. The molecule has 0 saturated heterocycles. The Morgan fingerprint density at radius 1 is 1.00 bits per heavy atom. The Morgan fingerprint density at radius 3 is 1.85 bits per heavy atom. The van der Waals surface area contributed by atoms with Crippen LogP contribution in [0, 0.1) is 0 Å². The van der Waals surface area contributed by atoms with Gasteiger partial charge >= 0.3 is 0 Å². The molecule has 0 radical (unpaired) electrons. The normalized spacial score (nSPS) is 11.1. The molecule has 0 bridgehead atoms. The topological polar surface area (TPSA) is 20.2 Å². The molecule has 0 aromatic carbocycles. The zero-order valence-electron chi connectivity index (χ0n) is 9.22. The lowest BCUT2D eigenvalue weighted by Gasteiger charge is -2.36. The summed E-state index contributed by atoms with van der Waals surface area (Å²) < 4.78 is 1.09. The summed E-state index contributed by atoms with van der Waals surface area (Å²) in [6, 6.07) is 0. The summed E-state index contributed by atoms with van der Waals surface area (Å²) in [7, 11) is 0. The third kappa shape index (κ3) is 5.66. The van der Waals surface area contributed by atoms with E-state index in [1.54, 1.807) is 0 Å². The van der Waals surface area contributed by atoms with E-state index in [0.29, 0.717) is 6.61 Å². The lowest BCUT2D eigenvalue weighted by molar-refractivity contribution is -0.925. The minimum absolute atomic E-state index is 0. The lowest BCUT2D eigenvalue weighted by atomic mass is 10.2. The number of halogens is 1. The molecule has 0 aliphatic carbocycles. The summed E-state index contributed by atoms with van der Waals surface area (Å²) in [6.45, 7) is 11.4. The van der Waals surface area contributed by atoms with Gasteiger partial charge in [-0.3, -0.25) is 0 Å². The average Bonchev–Trinajstić information content (AvgIpc) is 2.13. The summed E-state index contributed by atoms with van der Waals surface area (Å²) in [5.41, 5.74) is 0. The number of unbranched alkanes of at least 4 members (excludes halogenated alkanes) is 1. The molecule has 0 rings (SSSR count). The van der Waals surface area contributed by atoms with E-state index in [-0.39, 0.29) is 17.0 Å². The van der Waals surface area contributed by atoms with Crippen LogP contribution < -0.4 is 17.0 Å². The Bertz CT molecular complexity index is 105. The standard InChI is InChI=1S/C10H24NO.BrH/c1-4-7-8-11(5-2,6-3)9-10-12;/h12H,4-10H2,1-3H3;1H/q+1;/p-1. The van der Waals surface area contributed by atoms with E-state index < -0.39 is 0 Å². The van der Waals surface area contributed by atoms with Crippen LogP contribution in [0.2, 0.25) is 0 Å². The molecule has 0 heterocycles. The van der Waals surface area contributed by atoms with Gasteiger partial charge in [0.15, 0.2) is 0 Å². The summed E-state index contributed by atoms with van der Waals surface area (Å²) >= 11 is 0. The van der Waals surface area contributed by atoms with Gasteiger partial charge in [0.05, 0.1) is 26.2 Å². The zero-order chi connectivity index (χ0) is 9.45. The highest BCUT2D eigenvalue weighted by Gasteiger charge is 2.20. The van der Waals surface area contributed by atoms with E-state index in [0.717, 1.165) is 24.1 Å². The maximum Gasteiger partial charge on any atom is 0.102 e. The Kier molecular flexibility index (Phi) is 10.9. The van der Waals surface area contributed by atoms with Crippen molar-refractivity contribution in [3.63, 3.8) is 0 Å². The van der Waals surface area contributed by atoms with Crippen LogP contribution in [0.5, 0.6) is 0 Å². The minimum Gasteiger partial charge on any atom is -1.00 e. The van der Waals surface area contributed by atoms with Gasteiger partial charge in [0.25, 0.3) is 0 Å². The summed E-state index contributed by atoms with van der Waals surface area (Å²) in [4.78, 5) is 0. The number of aliphatic hydroxyl groups is 1. The lowest BCUT2D eigenvalue weighted by Crippen LogP contribution is -3.00. The monoisotopic (exact) mass is 253 g/mol. The van der Waals surface area contributed by atoms with E-state index in [1.165, 1.54) is 19.4 Å². The van der Waals surface area contributed by atoms with Crippen LogP contribution in [0.15, 0.2) is 0 Å². The van der Waals surface area contributed by atoms with Crippen LogP contribution in [0.3, 0.4) is 0 Å². The van der Waals surface area contributed by atoms with E-state index >= 15 is 0 Å². The number of likely N-dealkylation sites (N-methyl/N-ethyl adjacent to an activating group) is 1. The van der Waals surface area contributed by atoms with Crippen molar-refractivity contribution in [1.82, 2.24) is 0 Å². The summed E-state index contributed by atoms with van der Waals surface area (Å²) in [5, 5.41) is 8.95. The minimum atomic E-state index is 0. The average molecular weight is 254 g/mol. The van der Waals surface area contributed by atoms with Gasteiger partial charge in [-0.25, -0.2) is 0 Å². The number of hydrogen-bond donors (Lipinski definition) is 1. The summed E-state index contributed by atoms with van der Waals surface area (Å²) in [5.74, 6) is 0. The van der Waals surface area contributed by atoms with Crippen molar-refractivity contribution >= 4 is 0 Å². The van der Waals surface area contributed by atoms with Gasteiger partial charge in [0.2, 0.25) is 0 Å². The van der Waals surface area contributed by atoms with Gasteiger partial charge in [-0.05, 0) is 20.3 Å². The number of aliphatic hydroxyl groups excluding tert-OH is 1. The highest BCUT2D eigenvalue weighted by Crippen LogP contribution is 2.08. The Balaban J connectivity index is 0. The molecule has 0 aromatic rings. The van der Waals surface area contributed by atoms with Crippen LogP contribution in [-0.2, 0) is 0 Å². The molecule has 0 atom stereocenters. The first kappa shape index (κ1) is 15.9. The molecule has 0 fully saturated rings. The Hall–Kier alpha value is 0.400. The second-order valence-electron chi connectivity index (χ2n) is 3.50. The molecule has 0 unspecified atom stereocenters. The van der Waals surface area contributed by atoms with Gasteiger partial charge in [-0.15, -0.1) is 0 Å². The molecule has 0 amide bonds. The van der Waals surface area contributed by atoms with E-state index in [2.05, 4.69) is 20.8 Å². The van der Waals surface area contributed by atoms with Crippen molar-refractivity contribution in [2.24, 2.45) is 0 Å². The molecule has 0 aliphatic rings. The SMILES string of the molecule is CCCC[N+](CC)(CC)CCO.[Br-]. The zero-order valence-corrected chi connectivity index (χ0v) is 10.8. The van der Waals surface area contributed by atoms with Crippen molar-refractivity contribution in [3.05, 3.63) is 0 Å². The predicted molar refractivity (Wildman–Crippen MR) is 53.1 cm³/mol. The number of nitrogens with zero attached hydrogens (tertiary/aromatic N) is 1. The molecule has 0 saturated carbocycles. The molecule has 13 heavy (non-hydrogen) atoms. The molecular weight excluding hydrogens is 230 g/mol. The molecule has 2 nitrogen and oxygen atoms in total. The fourth-order valence-electron chi connectivity index (χ4n) is 1.67. The highest BCUT2D eigenvalue weighted by atomic mass is 79.9. The molecular formula is C10H24BrNO. The van der Waals surface area contributed by atoms with Crippen LogP contribution in [0.4, 0.5) is 0 Å². The second kappa shape index (κ2) is 8.97. The largest absolute Gasteiger partial charge is 1.00 e. The molecule has 0 aromatic heterocycles. The van der Waals surface area contributed by atoms with E-state index in [9.17, 15) is 0 Å². The second-order valence-corrected chi connectivity index (χ2v) is 3.50. The maximum absolute atomic E-state index is 8.95. The first-order chi connectivity index (χ1) is 5.74. The van der Waals surface area contributed by atoms with Crippen LogP contribution >= 0.6 is 0 Å². The first-order valence-electron chi connectivity index (χ1n) is 5.20. The molecule has 0 aliphatic heterocycles. The van der Waals surface area contributed by atoms with Crippen molar-refractivity contribution in [2.45, 2.75) is 33.6 Å².